The van der Waals surface area contributed by atoms with Crippen LogP contribution in [-0.2, 0) is 16.2 Å². The molecular formula is C21H15F3N4O3S. The highest BCUT2D eigenvalue weighted by atomic mass is 32.2. The van der Waals surface area contributed by atoms with Gasteiger partial charge in [0.25, 0.3) is 0 Å². The molecule has 2 aromatic rings. The fourth-order valence-electron chi connectivity index (χ4n) is 3.43. The third-order valence-corrected chi connectivity index (χ3v) is 5.96. The molecule has 0 bridgehead atoms. The van der Waals surface area contributed by atoms with Crippen molar-refractivity contribution in [3.63, 3.8) is 0 Å². The molecule has 0 spiro atoms. The number of allylic oxidation sites excluding steroid dienone is 1. The third-order valence-electron chi connectivity index (χ3n) is 4.88. The molecule has 1 heterocycles. The average Bonchev–Trinajstić information content (AvgIpc) is 2.72. The number of hydrogen-bond acceptors (Lipinski definition) is 5. The Kier molecular flexibility index (Phi) is 5.73. The number of nitriles is 2. The van der Waals surface area contributed by atoms with Crippen molar-refractivity contribution in [1.82, 2.24) is 4.31 Å². The number of nitrogens with zero attached hydrogens (tertiary/aromatic N) is 4. The van der Waals surface area contributed by atoms with E-state index in [4.69, 9.17) is 5.26 Å². The van der Waals surface area contributed by atoms with Gasteiger partial charge in [0.05, 0.1) is 40.8 Å². The van der Waals surface area contributed by atoms with Crippen molar-refractivity contribution in [2.75, 3.05) is 11.2 Å². The van der Waals surface area contributed by atoms with E-state index in [2.05, 4.69) is 0 Å². The lowest BCUT2D eigenvalue weighted by molar-refractivity contribution is -0.137. The summed E-state index contributed by atoms with van der Waals surface area (Å²) in [6, 6.07) is 10.8. The first-order valence-electron chi connectivity index (χ1n) is 9.02. The van der Waals surface area contributed by atoms with Crippen LogP contribution in [0.15, 0.2) is 59.8 Å². The molecule has 1 aliphatic rings. The number of urea groups is 1. The highest BCUT2D eigenvalue weighted by molar-refractivity contribution is 7.88. The number of carbonyl (C=O) groups is 1. The number of halogens is 3. The SMILES string of the molecule is CC1=C(C#N)[C@@H](c2ccc(C#N)cc2)N(S(C)(=O)=O)C(=O)N1c1cccc(C(F)(F)F)c1. The van der Waals surface area contributed by atoms with Gasteiger partial charge in [-0.15, -0.1) is 0 Å². The molecule has 0 radical (unpaired) electrons. The van der Waals surface area contributed by atoms with E-state index >= 15 is 0 Å². The molecule has 0 unspecified atom stereocenters. The van der Waals surface area contributed by atoms with Crippen LogP contribution in [0.25, 0.3) is 0 Å². The first kappa shape index (κ1) is 22.8. The maximum absolute atomic E-state index is 13.3. The first-order chi connectivity index (χ1) is 14.9. The van der Waals surface area contributed by atoms with Crippen molar-refractivity contribution >= 4 is 21.7 Å². The predicted molar refractivity (Wildman–Crippen MR) is 108 cm³/mol. The molecular weight excluding hydrogens is 445 g/mol. The third kappa shape index (κ3) is 4.03. The summed E-state index contributed by atoms with van der Waals surface area (Å²) in [6.07, 6.45) is -3.92. The Morgan fingerprint density at radius 1 is 1.03 bits per heavy atom. The lowest BCUT2D eigenvalue weighted by Crippen LogP contribution is -2.51. The molecule has 0 N–H and O–H groups in total. The van der Waals surface area contributed by atoms with Crippen LogP contribution in [0, 0.1) is 22.7 Å². The number of hydrogen-bond donors (Lipinski definition) is 0. The Hall–Kier alpha value is -3.83. The lowest BCUT2D eigenvalue weighted by Gasteiger charge is -2.40. The molecule has 0 aliphatic carbocycles. The highest BCUT2D eigenvalue weighted by Crippen LogP contribution is 2.41. The number of rotatable bonds is 3. The molecule has 11 heteroatoms. The van der Waals surface area contributed by atoms with E-state index in [1.807, 2.05) is 12.1 Å². The summed E-state index contributed by atoms with van der Waals surface area (Å²) in [4.78, 5) is 14.1. The molecule has 1 aliphatic heterocycles. The van der Waals surface area contributed by atoms with Crippen LogP contribution in [0.2, 0.25) is 0 Å². The van der Waals surface area contributed by atoms with Gasteiger partial charge in [-0.05, 0) is 42.8 Å². The Morgan fingerprint density at radius 3 is 2.16 bits per heavy atom. The number of anilines is 1. The van der Waals surface area contributed by atoms with E-state index in [1.165, 1.54) is 37.3 Å². The summed E-state index contributed by atoms with van der Waals surface area (Å²) in [5, 5.41) is 18.8. The summed E-state index contributed by atoms with van der Waals surface area (Å²) < 4.78 is 65.2. The second-order valence-corrected chi connectivity index (χ2v) is 8.83. The summed E-state index contributed by atoms with van der Waals surface area (Å²) >= 11 is 0. The van der Waals surface area contributed by atoms with Crippen LogP contribution < -0.4 is 4.90 Å². The predicted octanol–water partition coefficient (Wildman–Crippen LogP) is 4.32. The van der Waals surface area contributed by atoms with Gasteiger partial charge in [-0.1, -0.05) is 18.2 Å². The first-order valence-corrected chi connectivity index (χ1v) is 10.9. The second kappa shape index (κ2) is 8.02. The minimum absolute atomic E-state index is 0.00826. The van der Waals surface area contributed by atoms with Crippen LogP contribution in [-0.4, -0.2) is 25.0 Å². The van der Waals surface area contributed by atoms with E-state index in [0.717, 1.165) is 23.3 Å². The molecule has 1 atom stereocenters. The molecule has 7 nitrogen and oxygen atoms in total. The lowest BCUT2D eigenvalue weighted by atomic mass is 9.95. The normalized spacial score (nSPS) is 17.2. The molecule has 164 valence electrons. The fraction of sp³-hybridized carbons (Fsp3) is 0.190. The molecule has 32 heavy (non-hydrogen) atoms. The number of carbonyl (C=O) groups excluding carboxylic acids is 1. The molecule has 3 rings (SSSR count). The fourth-order valence-corrected chi connectivity index (χ4v) is 4.41. The summed E-state index contributed by atoms with van der Waals surface area (Å²) in [5.74, 6) is 0. The van der Waals surface area contributed by atoms with Gasteiger partial charge in [0.2, 0.25) is 10.0 Å². The minimum Gasteiger partial charge on any atom is -0.265 e. The minimum atomic E-state index is -4.69. The van der Waals surface area contributed by atoms with Gasteiger partial charge in [-0.3, -0.25) is 4.90 Å². The van der Waals surface area contributed by atoms with E-state index in [1.54, 1.807) is 0 Å². The Morgan fingerprint density at radius 2 is 1.66 bits per heavy atom. The zero-order chi connectivity index (χ0) is 23.8. The van der Waals surface area contributed by atoms with Crippen molar-refractivity contribution < 1.29 is 26.4 Å². The van der Waals surface area contributed by atoms with Crippen LogP contribution in [0.3, 0.4) is 0 Å². The standard InChI is InChI=1S/C21H15F3N4O3S/c1-13-18(12-26)19(15-8-6-14(11-25)7-9-15)28(32(2,30)31)20(29)27(13)17-5-3-4-16(10-17)21(22,23)24/h3-10,19H,1-2H3/t19-/m1/s1. The Bertz CT molecular complexity index is 1300. The van der Waals surface area contributed by atoms with Crippen molar-refractivity contribution in [2.24, 2.45) is 0 Å². The number of alkyl halides is 3. The maximum Gasteiger partial charge on any atom is 0.416 e. The quantitative estimate of drug-likeness (QED) is 0.678. The van der Waals surface area contributed by atoms with Gasteiger partial charge >= 0.3 is 12.2 Å². The summed E-state index contributed by atoms with van der Waals surface area (Å²) in [6.45, 7) is 1.35. The monoisotopic (exact) mass is 460 g/mol. The van der Waals surface area contributed by atoms with Gasteiger partial charge in [-0.2, -0.15) is 23.7 Å². The van der Waals surface area contributed by atoms with Crippen LogP contribution in [0.1, 0.15) is 29.7 Å². The van der Waals surface area contributed by atoms with Crippen molar-refractivity contribution in [1.29, 1.82) is 10.5 Å². The van der Waals surface area contributed by atoms with E-state index in [0.29, 0.717) is 10.4 Å². The topological polar surface area (TPSA) is 105 Å². The average molecular weight is 460 g/mol. The van der Waals surface area contributed by atoms with E-state index < -0.39 is 33.8 Å². The van der Waals surface area contributed by atoms with Crippen molar-refractivity contribution in [3.8, 4) is 12.1 Å². The highest BCUT2D eigenvalue weighted by Gasteiger charge is 2.45. The summed E-state index contributed by atoms with van der Waals surface area (Å²) in [5.41, 5.74) is -0.881. The van der Waals surface area contributed by atoms with Gasteiger partial charge in [-0.25, -0.2) is 17.5 Å². The van der Waals surface area contributed by atoms with Crippen LogP contribution in [0.4, 0.5) is 23.7 Å². The van der Waals surface area contributed by atoms with Gasteiger partial charge in [0, 0.05) is 5.70 Å². The summed E-state index contributed by atoms with van der Waals surface area (Å²) in [7, 11) is -4.26. The van der Waals surface area contributed by atoms with Gasteiger partial charge in [0.1, 0.15) is 6.04 Å². The van der Waals surface area contributed by atoms with Crippen LogP contribution in [0.5, 0.6) is 0 Å². The smallest absolute Gasteiger partial charge is 0.265 e. The van der Waals surface area contributed by atoms with E-state index in [9.17, 15) is 31.6 Å². The molecule has 0 saturated carbocycles. The van der Waals surface area contributed by atoms with Gasteiger partial charge in [0.15, 0.2) is 0 Å². The Balaban J connectivity index is 2.27. The molecule has 2 amide bonds. The molecule has 0 saturated heterocycles. The zero-order valence-corrected chi connectivity index (χ0v) is 17.6. The molecule has 0 aromatic heterocycles. The largest absolute Gasteiger partial charge is 0.416 e. The molecule has 0 fully saturated rings. The van der Waals surface area contributed by atoms with Crippen molar-refractivity contribution in [2.45, 2.75) is 19.1 Å². The van der Waals surface area contributed by atoms with Crippen molar-refractivity contribution in [3.05, 3.63) is 76.5 Å². The maximum atomic E-state index is 13.3. The van der Waals surface area contributed by atoms with E-state index in [-0.39, 0.29) is 28.1 Å². The second-order valence-electron chi connectivity index (χ2n) is 6.97. The molecule has 2 aromatic carbocycles. The van der Waals surface area contributed by atoms with Crippen LogP contribution >= 0.6 is 0 Å². The Labute approximate surface area is 182 Å². The number of benzene rings is 2. The number of sulfonamides is 1. The number of amides is 2. The zero-order valence-electron chi connectivity index (χ0n) is 16.8. The van der Waals surface area contributed by atoms with Gasteiger partial charge < -0.3 is 0 Å².